The lowest BCUT2D eigenvalue weighted by Gasteiger charge is -2.10. The zero-order valence-electron chi connectivity index (χ0n) is 13.0. The molecule has 0 atom stereocenters. The van der Waals surface area contributed by atoms with Gasteiger partial charge in [-0.2, -0.15) is 18.3 Å². The Morgan fingerprint density at radius 2 is 2.00 bits per heavy atom. The van der Waals surface area contributed by atoms with Crippen molar-refractivity contribution < 1.29 is 27.5 Å². The molecule has 24 heavy (non-hydrogen) atoms. The number of nitrogens with zero attached hydrogens (tertiary/aromatic N) is 2. The Morgan fingerprint density at radius 1 is 1.33 bits per heavy atom. The summed E-state index contributed by atoms with van der Waals surface area (Å²) in [6.45, 7) is 2.51. The molecule has 2 rings (SSSR count). The van der Waals surface area contributed by atoms with Crippen molar-refractivity contribution in [1.82, 2.24) is 9.78 Å². The second-order valence-electron chi connectivity index (χ2n) is 4.97. The molecule has 0 unspecified atom stereocenters. The number of carbonyl (C=O) groups excluding carboxylic acids is 2. The van der Waals surface area contributed by atoms with Gasteiger partial charge < -0.3 is 10.1 Å². The first kappa shape index (κ1) is 18.0. The SMILES string of the molecule is COC(=O)c1cc(C)sc1NC(=O)Cn1nc(C)cc1C(F)(F)F. The standard InChI is InChI=1S/C14H14F3N3O3S/c1-7-4-10(14(15,16)17)20(19-7)6-11(21)18-12-9(13(22)23-3)5-8(2)24-12/h4-5H,6H2,1-3H3,(H,18,21). The molecule has 1 N–H and O–H groups in total. The number of ether oxygens (including phenoxy) is 1. The van der Waals surface area contributed by atoms with Crippen molar-refractivity contribution in [3.63, 3.8) is 0 Å². The van der Waals surface area contributed by atoms with E-state index >= 15 is 0 Å². The predicted octanol–water partition coefficient (Wildman–Crippen LogP) is 3.01. The lowest BCUT2D eigenvalue weighted by Crippen LogP contribution is -2.24. The average Bonchev–Trinajstić information content (AvgIpc) is 3.00. The van der Waals surface area contributed by atoms with Gasteiger partial charge in [0.1, 0.15) is 17.2 Å². The number of rotatable bonds is 4. The van der Waals surface area contributed by atoms with E-state index in [1.54, 1.807) is 6.92 Å². The zero-order valence-corrected chi connectivity index (χ0v) is 13.8. The first-order valence-corrected chi connectivity index (χ1v) is 7.53. The van der Waals surface area contributed by atoms with Gasteiger partial charge in [-0.15, -0.1) is 11.3 Å². The molecule has 0 saturated carbocycles. The van der Waals surface area contributed by atoms with Gasteiger partial charge in [-0.1, -0.05) is 0 Å². The van der Waals surface area contributed by atoms with Gasteiger partial charge in [0.2, 0.25) is 5.91 Å². The summed E-state index contributed by atoms with van der Waals surface area (Å²) < 4.78 is 43.9. The van der Waals surface area contributed by atoms with Crippen LogP contribution in [0.3, 0.4) is 0 Å². The van der Waals surface area contributed by atoms with Crippen LogP contribution in [-0.2, 0) is 22.3 Å². The minimum absolute atomic E-state index is 0.150. The summed E-state index contributed by atoms with van der Waals surface area (Å²) in [6.07, 6.45) is -4.61. The number of anilines is 1. The van der Waals surface area contributed by atoms with Crippen molar-refractivity contribution >= 4 is 28.2 Å². The molecule has 0 saturated heterocycles. The number of hydrogen-bond acceptors (Lipinski definition) is 5. The predicted molar refractivity (Wildman–Crippen MR) is 81.0 cm³/mol. The summed E-state index contributed by atoms with van der Waals surface area (Å²) in [4.78, 5) is 24.4. The van der Waals surface area contributed by atoms with Gasteiger partial charge in [-0.05, 0) is 26.0 Å². The lowest BCUT2D eigenvalue weighted by molar-refractivity contribution is -0.144. The molecule has 2 aromatic heterocycles. The highest BCUT2D eigenvalue weighted by atomic mass is 32.1. The maximum absolute atomic E-state index is 12.9. The molecule has 0 aromatic carbocycles. The summed E-state index contributed by atoms with van der Waals surface area (Å²) in [6, 6.07) is 2.40. The van der Waals surface area contributed by atoms with Crippen LogP contribution in [0.5, 0.6) is 0 Å². The van der Waals surface area contributed by atoms with E-state index in [-0.39, 0.29) is 16.3 Å². The third-order valence-corrected chi connectivity index (χ3v) is 3.97. The third-order valence-electron chi connectivity index (χ3n) is 3.00. The topological polar surface area (TPSA) is 73.2 Å². The zero-order chi connectivity index (χ0) is 18.1. The summed E-state index contributed by atoms with van der Waals surface area (Å²) in [7, 11) is 1.20. The van der Waals surface area contributed by atoms with Gasteiger partial charge >= 0.3 is 12.1 Å². The Hall–Kier alpha value is -2.36. The number of halogens is 3. The fraction of sp³-hybridized carbons (Fsp3) is 0.357. The first-order valence-electron chi connectivity index (χ1n) is 6.72. The van der Waals surface area contributed by atoms with E-state index in [4.69, 9.17) is 0 Å². The number of thiophene rings is 1. The number of amides is 1. The minimum Gasteiger partial charge on any atom is -0.465 e. The molecule has 0 aliphatic carbocycles. The summed E-state index contributed by atoms with van der Waals surface area (Å²) in [5.74, 6) is -1.36. The second kappa shape index (κ2) is 6.63. The largest absolute Gasteiger partial charge is 0.465 e. The summed E-state index contributed by atoms with van der Waals surface area (Å²) >= 11 is 1.13. The van der Waals surface area contributed by atoms with Crippen molar-refractivity contribution in [2.75, 3.05) is 12.4 Å². The molecule has 0 bridgehead atoms. The second-order valence-corrected chi connectivity index (χ2v) is 6.22. The quantitative estimate of drug-likeness (QED) is 0.850. The molecule has 0 spiro atoms. The van der Waals surface area contributed by atoms with E-state index in [0.717, 1.165) is 22.3 Å². The van der Waals surface area contributed by atoms with Crippen LogP contribution < -0.4 is 5.32 Å². The van der Waals surface area contributed by atoms with Crippen molar-refractivity contribution in [3.8, 4) is 0 Å². The molecular formula is C14H14F3N3O3S. The highest BCUT2D eigenvalue weighted by Gasteiger charge is 2.35. The molecule has 1 amide bonds. The molecule has 0 fully saturated rings. The van der Waals surface area contributed by atoms with Crippen LogP contribution in [0.1, 0.15) is 26.6 Å². The molecule has 2 heterocycles. The normalized spacial score (nSPS) is 11.4. The molecule has 0 radical (unpaired) electrons. The Kier molecular flexibility index (Phi) is 4.97. The first-order chi connectivity index (χ1) is 11.1. The number of carbonyl (C=O) groups is 2. The molecule has 130 valence electrons. The van der Waals surface area contributed by atoms with Gasteiger partial charge in [0.05, 0.1) is 18.4 Å². The van der Waals surface area contributed by atoms with Gasteiger partial charge in [-0.3, -0.25) is 9.48 Å². The van der Waals surface area contributed by atoms with Gasteiger partial charge in [-0.25, -0.2) is 4.79 Å². The van der Waals surface area contributed by atoms with Crippen LogP contribution in [0.2, 0.25) is 0 Å². The molecule has 2 aromatic rings. The summed E-state index contributed by atoms with van der Waals surface area (Å²) in [5.41, 5.74) is -0.705. The van der Waals surface area contributed by atoms with Crippen LogP contribution in [0.15, 0.2) is 12.1 Å². The number of esters is 1. The van der Waals surface area contributed by atoms with Crippen LogP contribution in [0, 0.1) is 13.8 Å². The molecule has 6 nitrogen and oxygen atoms in total. The lowest BCUT2D eigenvalue weighted by atomic mass is 10.3. The van der Waals surface area contributed by atoms with E-state index in [0.29, 0.717) is 4.68 Å². The number of alkyl halides is 3. The molecule has 0 aliphatic rings. The summed E-state index contributed by atoms with van der Waals surface area (Å²) in [5, 5.41) is 6.34. The highest BCUT2D eigenvalue weighted by molar-refractivity contribution is 7.16. The maximum Gasteiger partial charge on any atom is 0.433 e. The van der Waals surface area contributed by atoms with E-state index in [9.17, 15) is 22.8 Å². The van der Waals surface area contributed by atoms with E-state index in [1.165, 1.54) is 20.1 Å². The van der Waals surface area contributed by atoms with Gasteiger partial charge in [0.15, 0.2) is 0 Å². The van der Waals surface area contributed by atoms with Crippen molar-refractivity contribution in [2.24, 2.45) is 0 Å². The Balaban J connectivity index is 2.20. The number of nitrogens with one attached hydrogen (secondary N) is 1. The van der Waals surface area contributed by atoms with Crippen LogP contribution in [0.25, 0.3) is 0 Å². The number of aromatic nitrogens is 2. The smallest absolute Gasteiger partial charge is 0.433 e. The Morgan fingerprint density at radius 3 is 2.58 bits per heavy atom. The van der Waals surface area contributed by atoms with Crippen molar-refractivity contribution in [1.29, 1.82) is 0 Å². The fourth-order valence-electron chi connectivity index (χ4n) is 2.07. The monoisotopic (exact) mass is 361 g/mol. The van der Waals surface area contributed by atoms with Crippen molar-refractivity contribution in [3.05, 3.63) is 34.0 Å². The van der Waals surface area contributed by atoms with Gasteiger partial charge in [0, 0.05) is 4.88 Å². The number of methoxy groups -OCH3 is 1. The minimum atomic E-state index is -4.61. The van der Waals surface area contributed by atoms with E-state index in [1.807, 2.05) is 0 Å². The van der Waals surface area contributed by atoms with E-state index < -0.39 is 30.3 Å². The van der Waals surface area contributed by atoms with Crippen LogP contribution in [0.4, 0.5) is 18.2 Å². The van der Waals surface area contributed by atoms with Gasteiger partial charge in [0.25, 0.3) is 0 Å². The Labute approximate surface area is 139 Å². The van der Waals surface area contributed by atoms with Crippen molar-refractivity contribution in [2.45, 2.75) is 26.6 Å². The highest BCUT2D eigenvalue weighted by Crippen LogP contribution is 2.30. The third kappa shape index (κ3) is 3.94. The molecular weight excluding hydrogens is 347 g/mol. The Bertz CT molecular complexity index is 780. The molecule has 0 aliphatic heterocycles. The number of hydrogen-bond donors (Lipinski definition) is 1. The van der Waals surface area contributed by atoms with E-state index in [2.05, 4.69) is 15.2 Å². The molecule has 10 heteroatoms. The van der Waals surface area contributed by atoms with Crippen LogP contribution in [-0.4, -0.2) is 28.8 Å². The number of aryl methyl sites for hydroxylation is 2. The van der Waals surface area contributed by atoms with Crippen LogP contribution >= 0.6 is 11.3 Å². The fourth-order valence-corrected chi connectivity index (χ4v) is 2.98. The average molecular weight is 361 g/mol. The maximum atomic E-state index is 12.9.